The Labute approximate surface area is 277 Å². The fraction of sp³-hybridized carbons (Fsp3) is 0.429. The van der Waals surface area contributed by atoms with Crippen LogP contribution >= 0.6 is 0 Å². The summed E-state index contributed by atoms with van der Waals surface area (Å²) < 4.78 is 12.8. The van der Waals surface area contributed by atoms with Crippen molar-refractivity contribution < 1.29 is 9.47 Å². The standard InChI is InChI=1S/C42H52N2O2/c1-31-25-35(27-43-21-7-5-8-22-43)17-19-41(31)45-29-37-13-11-15-39(33(37)3)40-16-12-14-38(34(40)4)30-46-42-20-18-36(26-32(42)2)28-44-23-9-6-10-24-44/h11-20,25-26H,5-10,21-24,27-30H2,1-4H3. The van der Waals surface area contributed by atoms with Gasteiger partial charge in [0.15, 0.2) is 0 Å². The minimum absolute atomic E-state index is 0.556. The first-order valence-electron chi connectivity index (χ1n) is 17.5. The Morgan fingerprint density at radius 3 is 1.30 bits per heavy atom. The van der Waals surface area contributed by atoms with Crippen molar-refractivity contribution in [3.05, 3.63) is 117 Å². The molecule has 2 aliphatic heterocycles. The SMILES string of the molecule is Cc1cc(CN2CCCCC2)ccc1OCc1cccc(-c2cccc(COc3ccc(CN4CCCCC4)cc3C)c2C)c1C. The summed E-state index contributed by atoms with van der Waals surface area (Å²) in [5, 5.41) is 0. The second kappa shape index (κ2) is 15.3. The number of nitrogens with zero attached hydrogens (tertiary/aromatic N) is 2. The van der Waals surface area contributed by atoms with Crippen molar-refractivity contribution in [3.8, 4) is 22.6 Å². The molecule has 0 spiro atoms. The van der Waals surface area contributed by atoms with Crippen LogP contribution in [0.1, 0.15) is 83.0 Å². The van der Waals surface area contributed by atoms with Gasteiger partial charge in [0.25, 0.3) is 0 Å². The van der Waals surface area contributed by atoms with Crippen LogP contribution in [0.15, 0.2) is 72.8 Å². The summed E-state index contributed by atoms with van der Waals surface area (Å²) in [5.74, 6) is 1.94. The minimum Gasteiger partial charge on any atom is -0.489 e. The van der Waals surface area contributed by atoms with Gasteiger partial charge in [0.1, 0.15) is 24.7 Å². The van der Waals surface area contributed by atoms with Crippen molar-refractivity contribution in [2.24, 2.45) is 0 Å². The second-order valence-electron chi connectivity index (χ2n) is 13.6. The number of aryl methyl sites for hydroxylation is 2. The van der Waals surface area contributed by atoms with Gasteiger partial charge in [-0.3, -0.25) is 9.80 Å². The molecule has 4 nitrogen and oxygen atoms in total. The molecule has 0 bridgehead atoms. The molecule has 0 N–H and O–H groups in total. The first-order chi connectivity index (χ1) is 22.4. The number of benzene rings is 4. The molecule has 0 saturated carbocycles. The summed E-state index contributed by atoms with van der Waals surface area (Å²) in [6, 6.07) is 26.6. The Hall–Kier alpha value is -3.60. The van der Waals surface area contributed by atoms with Gasteiger partial charge in [0.2, 0.25) is 0 Å². The predicted molar refractivity (Wildman–Crippen MR) is 191 cm³/mol. The van der Waals surface area contributed by atoms with Crippen molar-refractivity contribution in [2.75, 3.05) is 26.2 Å². The number of likely N-dealkylation sites (tertiary alicyclic amines) is 2. The molecule has 4 heteroatoms. The van der Waals surface area contributed by atoms with E-state index in [-0.39, 0.29) is 0 Å². The van der Waals surface area contributed by atoms with Gasteiger partial charge >= 0.3 is 0 Å². The zero-order valence-electron chi connectivity index (χ0n) is 28.5. The van der Waals surface area contributed by atoms with Gasteiger partial charge in [0.05, 0.1) is 0 Å². The van der Waals surface area contributed by atoms with E-state index in [1.54, 1.807) is 0 Å². The van der Waals surface area contributed by atoms with E-state index in [1.165, 1.54) is 120 Å². The minimum atomic E-state index is 0.556. The highest BCUT2D eigenvalue weighted by molar-refractivity contribution is 5.72. The van der Waals surface area contributed by atoms with Crippen LogP contribution in [-0.4, -0.2) is 36.0 Å². The first kappa shape index (κ1) is 32.3. The van der Waals surface area contributed by atoms with E-state index in [4.69, 9.17) is 9.47 Å². The average molecular weight is 617 g/mol. The summed E-state index contributed by atoms with van der Waals surface area (Å²) in [7, 11) is 0. The molecule has 6 rings (SSSR count). The van der Waals surface area contributed by atoms with Crippen LogP contribution in [0.4, 0.5) is 0 Å². The van der Waals surface area contributed by atoms with Crippen molar-refractivity contribution in [1.82, 2.24) is 9.80 Å². The van der Waals surface area contributed by atoms with Crippen molar-refractivity contribution in [3.63, 3.8) is 0 Å². The molecule has 0 unspecified atom stereocenters. The van der Waals surface area contributed by atoms with E-state index < -0.39 is 0 Å². The van der Waals surface area contributed by atoms with E-state index in [1.807, 2.05) is 0 Å². The number of ether oxygens (including phenoxy) is 2. The smallest absolute Gasteiger partial charge is 0.122 e. The Kier molecular flexibility index (Phi) is 10.8. The Balaban J connectivity index is 1.10. The molecule has 2 fully saturated rings. The maximum atomic E-state index is 6.41. The zero-order valence-corrected chi connectivity index (χ0v) is 28.5. The molecule has 0 amide bonds. The van der Waals surface area contributed by atoms with Gasteiger partial charge in [-0.05, 0) is 147 Å². The normalized spacial score (nSPS) is 16.0. The van der Waals surface area contributed by atoms with Gasteiger partial charge in [-0.2, -0.15) is 0 Å². The molecule has 46 heavy (non-hydrogen) atoms. The molecule has 0 atom stereocenters. The maximum Gasteiger partial charge on any atom is 0.122 e. The lowest BCUT2D eigenvalue weighted by atomic mass is 9.92. The van der Waals surface area contributed by atoms with E-state index in [2.05, 4.69) is 110 Å². The number of piperidine rings is 2. The molecule has 4 aromatic rings. The van der Waals surface area contributed by atoms with Crippen molar-refractivity contribution in [1.29, 1.82) is 0 Å². The molecule has 242 valence electrons. The molecule has 0 aliphatic carbocycles. The number of rotatable bonds is 11. The van der Waals surface area contributed by atoms with Gasteiger partial charge < -0.3 is 9.47 Å². The summed E-state index contributed by atoms with van der Waals surface area (Å²) in [5.41, 5.74) is 12.7. The van der Waals surface area contributed by atoms with E-state index in [9.17, 15) is 0 Å². The maximum absolute atomic E-state index is 6.41. The quantitative estimate of drug-likeness (QED) is 0.168. The highest BCUT2D eigenvalue weighted by Crippen LogP contribution is 2.32. The Morgan fingerprint density at radius 2 is 0.913 bits per heavy atom. The zero-order chi connectivity index (χ0) is 31.9. The van der Waals surface area contributed by atoms with Crippen LogP contribution in [0.5, 0.6) is 11.5 Å². The van der Waals surface area contributed by atoms with Gasteiger partial charge in [-0.15, -0.1) is 0 Å². The van der Waals surface area contributed by atoms with Gasteiger partial charge in [-0.25, -0.2) is 0 Å². The van der Waals surface area contributed by atoms with Crippen LogP contribution < -0.4 is 9.47 Å². The molecule has 0 aromatic heterocycles. The first-order valence-corrected chi connectivity index (χ1v) is 17.5. The van der Waals surface area contributed by atoms with Crippen LogP contribution in [0.25, 0.3) is 11.1 Å². The molecule has 4 aromatic carbocycles. The predicted octanol–water partition coefficient (Wildman–Crippen LogP) is 9.72. The molecular formula is C42H52N2O2. The summed E-state index contributed by atoms with van der Waals surface area (Å²) >= 11 is 0. The Bertz CT molecular complexity index is 1490. The molecule has 0 radical (unpaired) electrons. The fourth-order valence-electron chi connectivity index (χ4n) is 7.27. The number of hydrogen-bond acceptors (Lipinski definition) is 4. The van der Waals surface area contributed by atoms with E-state index in [0.717, 1.165) is 24.6 Å². The highest BCUT2D eigenvalue weighted by atomic mass is 16.5. The number of hydrogen-bond donors (Lipinski definition) is 0. The molecule has 2 heterocycles. The van der Waals surface area contributed by atoms with E-state index >= 15 is 0 Å². The lowest BCUT2D eigenvalue weighted by molar-refractivity contribution is 0.220. The van der Waals surface area contributed by atoms with Gasteiger partial charge in [0, 0.05) is 13.1 Å². The summed E-state index contributed by atoms with van der Waals surface area (Å²) in [6.45, 7) is 16.8. The second-order valence-corrected chi connectivity index (χ2v) is 13.6. The molecule has 2 aliphatic rings. The monoisotopic (exact) mass is 616 g/mol. The summed E-state index contributed by atoms with van der Waals surface area (Å²) in [6.07, 6.45) is 8.03. The fourth-order valence-corrected chi connectivity index (χ4v) is 7.27. The summed E-state index contributed by atoms with van der Waals surface area (Å²) in [4.78, 5) is 5.15. The lowest BCUT2D eigenvalue weighted by Crippen LogP contribution is -2.29. The average Bonchev–Trinajstić information content (AvgIpc) is 3.06. The highest BCUT2D eigenvalue weighted by Gasteiger charge is 2.15. The topological polar surface area (TPSA) is 24.9 Å². The van der Waals surface area contributed by atoms with Crippen LogP contribution in [-0.2, 0) is 26.3 Å². The largest absolute Gasteiger partial charge is 0.489 e. The van der Waals surface area contributed by atoms with E-state index in [0.29, 0.717) is 13.2 Å². The van der Waals surface area contributed by atoms with Crippen LogP contribution in [0.2, 0.25) is 0 Å². The lowest BCUT2D eigenvalue weighted by Gasteiger charge is -2.26. The van der Waals surface area contributed by atoms with Gasteiger partial charge in [-0.1, -0.05) is 73.5 Å². The van der Waals surface area contributed by atoms with Crippen molar-refractivity contribution in [2.45, 2.75) is 92.5 Å². The third-order valence-electron chi connectivity index (χ3n) is 10.1. The van der Waals surface area contributed by atoms with Crippen LogP contribution in [0, 0.1) is 27.7 Å². The third-order valence-corrected chi connectivity index (χ3v) is 10.1. The molecule has 2 saturated heterocycles. The third kappa shape index (κ3) is 8.03. The van der Waals surface area contributed by atoms with Crippen LogP contribution in [0.3, 0.4) is 0 Å². The molecular weight excluding hydrogens is 564 g/mol. The van der Waals surface area contributed by atoms with Crippen molar-refractivity contribution >= 4 is 0 Å². The Morgan fingerprint density at radius 1 is 0.500 bits per heavy atom.